The number of hydrogen-bond acceptors (Lipinski definition) is 4. The maximum Gasteiger partial charge on any atom is 0.255 e. The van der Waals surface area contributed by atoms with Crippen LogP contribution in [0, 0.1) is 5.82 Å². The minimum atomic E-state index is -0.498. The van der Waals surface area contributed by atoms with Crippen LogP contribution in [0.5, 0.6) is 11.5 Å². The summed E-state index contributed by atoms with van der Waals surface area (Å²) in [5.41, 5.74) is 3.61. The van der Waals surface area contributed by atoms with Crippen molar-refractivity contribution in [1.29, 1.82) is 0 Å². The number of nitrogens with one attached hydrogen (secondary N) is 2. The Morgan fingerprint density at radius 2 is 1.78 bits per heavy atom. The molecule has 1 aromatic heterocycles. The van der Waals surface area contributed by atoms with Crippen molar-refractivity contribution in [3.63, 3.8) is 0 Å². The third kappa shape index (κ3) is 5.69. The highest BCUT2D eigenvalue weighted by Crippen LogP contribution is 2.30. The van der Waals surface area contributed by atoms with Gasteiger partial charge in [0.05, 0.1) is 31.4 Å². The van der Waals surface area contributed by atoms with Gasteiger partial charge in [-0.3, -0.25) is 4.79 Å². The van der Waals surface area contributed by atoms with Crippen LogP contribution in [0.25, 0.3) is 22.0 Å². The average Bonchev–Trinajstić information content (AvgIpc) is 3.30. The monoisotopic (exact) mass is 490 g/mol. The third-order valence-corrected chi connectivity index (χ3v) is 5.95. The molecule has 36 heavy (non-hydrogen) atoms. The lowest BCUT2D eigenvalue weighted by molar-refractivity contribution is 0.0913. The molecule has 0 bridgehead atoms. The van der Waals surface area contributed by atoms with Gasteiger partial charge in [-0.25, -0.2) is 4.39 Å². The molecule has 0 aliphatic carbocycles. The molecule has 1 atom stereocenters. The standard InChI is InChI=1S/C29H31FN2O4/c1-3-13-36-28-12-10-20(16-25(28)30)19-9-11-27(35-4-2)24(15-19)29(34)32-22(18-33)14-21-17-31-26-8-6-5-7-23(21)26/h5-12,15-17,22,31,33H,3-4,13-14,18H2,1-2H3,(H,32,34)/t22-/m1/s1. The predicted molar refractivity (Wildman–Crippen MR) is 139 cm³/mol. The molecule has 1 amide bonds. The number of ether oxygens (including phenoxy) is 2. The molecule has 4 rings (SSSR count). The van der Waals surface area contributed by atoms with Crippen LogP contribution in [0.4, 0.5) is 4.39 Å². The van der Waals surface area contributed by atoms with E-state index in [0.29, 0.717) is 42.1 Å². The molecule has 0 saturated carbocycles. The summed E-state index contributed by atoms with van der Waals surface area (Å²) in [5, 5.41) is 14.0. The number of aliphatic hydroxyl groups is 1. The fraction of sp³-hybridized carbons (Fsp3) is 0.276. The molecule has 3 aromatic carbocycles. The average molecular weight is 491 g/mol. The molecule has 0 fully saturated rings. The summed E-state index contributed by atoms with van der Waals surface area (Å²) < 4.78 is 25.7. The topological polar surface area (TPSA) is 83.6 Å². The Kier molecular flexibility index (Phi) is 8.23. The number of aromatic amines is 1. The lowest BCUT2D eigenvalue weighted by Crippen LogP contribution is -2.39. The summed E-state index contributed by atoms with van der Waals surface area (Å²) in [5.74, 6) is -0.207. The molecule has 4 aromatic rings. The second-order valence-corrected chi connectivity index (χ2v) is 8.55. The largest absolute Gasteiger partial charge is 0.493 e. The smallest absolute Gasteiger partial charge is 0.255 e. The molecule has 188 valence electrons. The van der Waals surface area contributed by atoms with Gasteiger partial charge in [0, 0.05) is 17.1 Å². The summed E-state index contributed by atoms with van der Waals surface area (Å²) in [6.45, 7) is 4.40. The molecule has 6 nitrogen and oxygen atoms in total. The number of benzene rings is 3. The van der Waals surface area contributed by atoms with Crippen LogP contribution >= 0.6 is 0 Å². The van der Waals surface area contributed by atoms with Crippen molar-refractivity contribution in [2.45, 2.75) is 32.7 Å². The molecule has 0 aliphatic heterocycles. The highest BCUT2D eigenvalue weighted by Gasteiger charge is 2.20. The van der Waals surface area contributed by atoms with Gasteiger partial charge < -0.3 is 24.9 Å². The molecule has 0 unspecified atom stereocenters. The Bertz CT molecular complexity index is 1330. The number of amides is 1. The van der Waals surface area contributed by atoms with Gasteiger partial charge >= 0.3 is 0 Å². The quantitative estimate of drug-likeness (QED) is 0.259. The van der Waals surface area contributed by atoms with E-state index in [0.717, 1.165) is 22.9 Å². The lowest BCUT2D eigenvalue weighted by Gasteiger charge is -2.18. The molecule has 0 aliphatic rings. The Labute approximate surface area is 210 Å². The Morgan fingerprint density at radius 1 is 1.03 bits per heavy atom. The number of hydrogen-bond donors (Lipinski definition) is 3. The molecule has 0 spiro atoms. The fourth-order valence-electron chi connectivity index (χ4n) is 4.17. The van der Waals surface area contributed by atoms with Gasteiger partial charge in [0.1, 0.15) is 5.75 Å². The van der Waals surface area contributed by atoms with Crippen molar-refractivity contribution >= 4 is 16.8 Å². The van der Waals surface area contributed by atoms with E-state index in [1.54, 1.807) is 30.3 Å². The van der Waals surface area contributed by atoms with Crippen LogP contribution in [-0.2, 0) is 6.42 Å². The van der Waals surface area contributed by atoms with Gasteiger partial charge in [-0.1, -0.05) is 37.3 Å². The number of halogens is 1. The second kappa shape index (κ2) is 11.7. The zero-order chi connectivity index (χ0) is 25.5. The number of carbonyl (C=O) groups is 1. The van der Waals surface area contributed by atoms with Crippen molar-refractivity contribution in [3.8, 4) is 22.6 Å². The number of aromatic nitrogens is 1. The highest BCUT2D eigenvalue weighted by atomic mass is 19.1. The minimum absolute atomic E-state index is 0.201. The van der Waals surface area contributed by atoms with E-state index in [1.807, 2.05) is 44.3 Å². The summed E-state index contributed by atoms with van der Waals surface area (Å²) in [7, 11) is 0. The van der Waals surface area contributed by atoms with Gasteiger partial charge in [0.25, 0.3) is 5.91 Å². The lowest BCUT2D eigenvalue weighted by atomic mass is 10.0. The highest BCUT2D eigenvalue weighted by molar-refractivity contribution is 5.98. The van der Waals surface area contributed by atoms with E-state index in [9.17, 15) is 14.3 Å². The number of H-pyrrole nitrogens is 1. The Hall–Kier alpha value is -3.84. The van der Waals surface area contributed by atoms with Crippen LogP contribution in [0.1, 0.15) is 36.2 Å². The van der Waals surface area contributed by atoms with Gasteiger partial charge in [-0.15, -0.1) is 0 Å². The molecule has 7 heteroatoms. The minimum Gasteiger partial charge on any atom is -0.493 e. The van der Waals surface area contributed by atoms with Crippen molar-refractivity contribution in [3.05, 3.63) is 83.8 Å². The number of para-hydroxylation sites is 1. The van der Waals surface area contributed by atoms with Crippen LogP contribution in [0.2, 0.25) is 0 Å². The summed E-state index contributed by atoms with van der Waals surface area (Å²) in [6.07, 6.45) is 3.14. The van der Waals surface area contributed by atoms with Gasteiger partial charge in [-0.2, -0.15) is 0 Å². The van der Waals surface area contributed by atoms with Gasteiger partial charge in [-0.05, 0) is 66.8 Å². The van der Waals surface area contributed by atoms with Crippen molar-refractivity contribution in [2.75, 3.05) is 19.8 Å². The Balaban J connectivity index is 1.57. The first kappa shape index (κ1) is 25.3. The fourth-order valence-corrected chi connectivity index (χ4v) is 4.17. The number of aliphatic hydroxyl groups excluding tert-OH is 1. The van der Waals surface area contributed by atoms with Gasteiger partial charge in [0.2, 0.25) is 0 Å². The third-order valence-electron chi connectivity index (χ3n) is 5.95. The van der Waals surface area contributed by atoms with Crippen LogP contribution in [-0.4, -0.2) is 41.9 Å². The Morgan fingerprint density at radius 3 is 2.50 bits per heavy atom. The summed E-state index contributed by atoms with van der Waals surface area (Å²) in [6, 6.07) is 17.3. The molecular weight excluding hydrogens is 459 g/mol. The molecule has 3 N–H and O–H groups in total. The van der Waals surface area contributed by atoms with Crippen molar-refractivity contribution in [1.82, 2.24) is 10.3 Å². The van der Waals surface area contributed by atoms with E-state index in [4.69, 9.17) is 9.47 Å². The van der Waals surface area contributed by atoms with E-state index in [2.05, 4.69) is 10.3 Å². The molecule has 0 radical (unpaired) electrons. The number of carbonyl (C=O) groups excluding carboxylic acids is 1. The maximum atomic E-state index is 14.6. The molecular formula is C29H31FN2O4. The summed E-state index contributed by atoms with van der Waals surface area (Å²) in [4.78, 5) is 16.5. The first-order valence-corrected chi connectivity index (χ1v) is 12.2. The van der Waals surface area contributed by atoms with E-state index >= 15 is 0 Å². The van der Waals surface area contributed by atoms with Crippen LogP contribution in [0.3, 0.4) is 0 Å². The number of fused-ring (bicyclic) bond motifs is 1. The van der Waals surface area contributed by atoms with Crippen molar-refractivity contribution in [2.24, 2.45) is 0 Å². The summed E-state index contributed by atoms with van der Waals surface area (Å²) >= 11 is 0. The predicted octanol–water partition coefficient (Wildman–Crippen LogP) is 5.49. The van der Waals surface area contributed by atoms with E-state index < -0.39 is 11.9 Å². The van der Waals surface area contributed by atoms with Crippen molar-refractivity contribution < 1.29 is 23.8 Å². The van der Waals surface area contributed by atoms with E-state index in [-0.39, 0.29) is 18.3 Å². The van der Waals surface area contributed by atoms with Crippen LogP contribution < -0.4 is 14.8 Å². The normalized spacial score (nSPS) is 11.9. The second-order valence-electron chi connectivity index (χ2n) is 8.55. The zero-order valence-corrected chi connectivity index (χ0v) is 20.5. The first-order valence-electron chi connectivity index (χ1n) is 12.2. The van der Waals surface area contributed by atoms with Gasteiger partial charge in [0.15, 0.2) is 11.6 Å². The maximum absolute atomic E-state index is 14.6. The first-order chi connectivity index (χ1) is 17.5. The number of rotatable bonds is 11. The SMILES string of the molecule is CCCOc1ccc(-c2ccc(OCC)c(C(=O)N[C@@H](CO)Cc3c[nH]c4ccccc34)c2)cc1F. The van der Waals surface area contributed by atoms with Crippen LogP contribution in [0.15, 0.2) is 66.9 Å². The molecule has 1 heterocycles. The zero-order valence-electron chi connectivity index (χ0n) is 20.5. The molecule has 0 saturated heterocycles. The van der Waals surface area contributed by atoms with E-state index in [1.165, 1.54) is 6.07 Å².